The lowest BCUT2D eigenvalue weighted by Gasteiger charge is -2.11. The van der Waals surface area contributed by atoms with E-state index in [0.29, 0.717) is 23.0 Å². The van der Waals surface area contributed by atoms with Crippen LogP contribution in [-0.2, 0) is 5.75 Å². The van der Waals surface area contributed by atoms with Gasteiger partial charge in [0.1, 0.15) is 0 Å². The summed E-state index contributed by atoms with van der Waals surface area (Å²) in [7, 11) is 0. The number of para-hydroxylation sites is 1. The Labute approximate surface area is 178 Å². The van der Waals surface area contributed by atoms with E-state index in [4.69, 9.17) is 0 Å². The maximum atomic E-state index is 12.9. The van der Waals surface area contributed by atoms with Crippen LogP contribution in [0.15, 0.2) is 89.7 Å². The first-order valence-corrected chi connectivity index (χ1v) is 10.9. The van der Waals surface area contributed by atoms with E-state index >= 15 is 0 Å². The van der Waals surface area contributed by atoms with Crippen LogP contribution in [0.1, 0.15) is 16.1 Å². The molecule has 0 saturated heterocycles. The molecule has 1 aromatic heterocycles. The van der Waals surface area contributed by atoms with Gasteiger partial charge in [-0.1, -0.05) is 66.7 Å². The van der Waals surface area contributed by atoms with Crippen LogP contribution in [0, 0.1) is 0 Å². The number of benzene rings is 3. The van der Waals surface area contributed by atoms with Crippen molar-refractivity contribution in [2.75, 3.05) is 12.3 Å². The Morgan fingerprint density at radius 3 is 2.23 bits per heavy atom. The Balaban J connectivity index is 1.52. The normalized spacial score (nSPS) is 10.8. The van der Waals surface area contributed by atoms with Gasteiger partial charge in [-0.15, -0.1) is 0 Å². The minimum Gasteiger partial charge on any atom is -0.350 e. The minimum absolute atomic E-state index is 0.244. The second-order valence-electron chi connectivity index (χ2n) is 6.74. The summed E-state index contributed by atoms with van der Waals surface area (Å²) >= 11 is 1.76. The van der Waals surface area contributed by atoms with Crippen molar-refractivity contribution in [3.05, 3.63) is 107 Å². The Morgan fingerprint density at radius 2 is 1.50 bits per heavy atom. The Hall–Kier alpha value is -3.38. The van der Waals surface area contributed by atoms with Crippen LogP contribution < -0.4 is 10.9 Å². The molecule has 0 atom stereocenters. The van der Waals surface area contributed by atoms with Gasteiger partial charge < -0.3 is 5.32 Å². The highest BCUT2D eigenvalue weighted by Gasteiger charge is 2.17. The zero-order chi connectivity index (χ0) is 20.8. The van der Waals surface area contributed by atoms with Crippen LogP contribution in [0.25, 0.3) is 16.5 Å². The van der Waals surface area contributed by atoms with Gasteiger partial charge in [0.25, 0.3) is 11.5 Å². The maximum absolute atomic E-state index is 12.9. The van der Waals surface area contributed by atoms with Crippen molar-refractivity contribution in [2.45, 2.75) is 5.75 Å². The van der Waals surface area contributed by atoms with Crippen molar-refractivity contribution in [2.24, 2.45) is 0 Å². The number of hydrogen-bond acceptors (Lipinski definition) is 4. The summed E-state index contributed by atoms with van der Waals surface area (Å²) in [5.41, 5.74) is 1.89. The summed E-state index contributed by atoms with van der Waals surface area (Å²) in [6.07, 6.45) is 0. The monoisotopic (exact) mass is 415 g/mol. The zero-order valence-electron chi connectivity index (χ0n) is 16.3. The molecule has 0 bridgehead atoms. The number of carbonyl (C=O) groups excluding carboxylic acids is 1. The van der Waals surface area contributed by atoms with Crippen LogP contribution in [0.2, 0.25) is 0 Å². The third kappa shape index (κ3) is 4.44. The second kappa shape index (κ2) is 9.41. The summed E-state index contributed by atoms with van der Waals surface area (Å²) in [5.74, 6) is 1.41. The summed E-state index contributed by atoms with van der Waals surface area (Å²) < 4.78 is 1.29. The molecule has 3 aromatic carbocycles. The first-order chi connectivity index (χ1) is 14.7. The summed E-state index contributed by atoms with van der Waals surface area (Å²) in [6, 6.07) is 26.5. The van der Waals surface area contributed by atoms with Gasteiger partial charge in [-0.2, -0.15) is 21.5 Å². The van der Waals surface area contributed by atoms with Crippen molar-refractivity contribution in [3.63, 3.8) is 0 Å². The predicted molar refractivity (Wildman–Crippen MR) is 122 cm³/mol. The Kier molecular flexibility index (Phi) is 6.25. The molecular weight excluding hydrogens is 394 g/mol. The van der Waals surface area contributed by atoms with Gasteiger partial charge in [0.05, 0.1) is 11.1 Å². The van der Waals surface area contributed by atoms with E-state index in [2.05, 4.69) is 22.5 Å². The van der Waals surface area contributed by atoms with Crippen molar-refractivity contribution >= 4 is 28.4 Å². The van der Waals surface area contributed by atoms with E-state index in [9.17, 15) is 9.59 Å². The minimum atomic E-state index is -0.281. The molecule has 6 heteroatoms. The van der Waals surface area contributed by atoms with Crippen molar-refractivity contribution < 1.29 is 4.79 Å². The van der Waals surface area contributed by atoms with Gasteiger partial charge >= 0.3 is 0 Å². The predicted octanol–water partition coefficient (Wildman–Crippen LogP) is 4.05. The molecule has 0 fully saturated rings. The Morgan fingerprint density at radius 1 is 0.867 bits per heavy atom. The summed E-state index contributed by atoms with van der Waals surface area (Å²) in [5, 5.41) is 8.37. The topological polar surface area (TPSA) is 64.0 Å². The lowest BCUT2D eigenvalue weighted by atomic mass is 10.1. The number of aromatic nitrogens is 2. The van der Waals surface area contributed by atoms with Gasteiger partial charge in [-0.3, -0.25) is 9.59 Å². The average Bonchev–Trinajstić information content (AvgIpc) is 2.80. The molecule has 0 aliphatic carbocycles. The molecule has 5 nitrogen and oxygen atoms in total. The third-order valence-electron chi connectivity index (χ3n) is 4.66. The van der Waals surface area contributed by atoms with E-state index in [1.54, 1.807) is 42.1 Å². The largest absolute Gasteiger partial charge is 0.350 e. The first kappa shape index (κ1) is 19.9. The van der Waals surface area contributed by atoms with Gasteiger partial charge in [0.15, 0.2) is 5.69 Å². The molecule has 150 valence electrons. The fraction of sp³-hybridized carbons (Fsp3) is 0.125. The van der Waals surface area contributed by atoms with E-state index < -0.39 is 0 Å². The molecule has 0 radical (unpaired) electrons. The van der Waals surface area contributed by atoms with Crippen LogP contribution in [0.4, 0.5) is 0 Å². The van der Waals surface area contributed by atoms with E-state index in [-0.39, 0.29) is 17.2 Å². The summed E-state index contributed by atoms with van der Waals surface area (Å²) in [6.45, 7) is 0.525. The third-order valence-corrected chi connectivity index (χ3v) is 5.69. The molecule has 0 aliphatic rings. The number of nitrogens with zero attached hydrogens (tertiary/aromatic N) is 2. The molecule has 0 unspecified atom stereocenters. The first-order valence-electron chi connectivity index (χ1n) is 9.71. The van der Waals surface area contributed by atoms with Gasteiger partial charge in [0.2, 0.25) is 0 Å². The number of carbonyl (C=O) groups is 1. The van der Waals surface area contributed by atoms with Crippen LogP contribution in [0.5, 0.6) is 0 Å². The highest BCUT2D eigenvalue weighted by molar-refractivity contribution is 7.98. The average molecular weight is 416 g/mol. The second-order valence-corrected chi connectivity index (χ2v) is 7.85. The maximum Gasteiger partial charge on any atom is 0.279 e. The van der Waals surface area contributed by atoms with Crippen LogP contribution >= 0.6 is 11.8 Å². The molecule has 0 aliphatic heterocycles. The van der Waals surface area contributed by atoms with E-state index in [0.717, 1.165) is 11.5 Å². The molecule has 0 spiro atoms. The zero-order valence-corrected chi connectivity index (χ0v) is 17.1. The quantitative estimate of drug-likeness (QED) is 0.463. The number of rotatable bonds is 7. The molecule has 1 amide bonds. The molecule has 4 rings (SSSR count). The van der Waals surface area contributed by atoms with E-state index in [1.165, 1.54) is 10.2 Å². The highest BCUT2D eigenvalue weighted by atomic mass is 32.2. The standard InChI is InChI=1S/C24H21N3O2S/c28-23(25-15-16-30-17-18-9-3-1-4-10-18)22-20-13-7-8-14-21(20)24(29)27(26-22)19-11-5-2-6-12-19/h1-14H,15-17H2,(H,25,28). The number of nitrogens with one attached hydrogen (secondary N) is 1. The molecule has 4 aromatic rings. The molecule has 1 N–H and O–H groups in total. The van der Waals surface area contributed by atoms with Crippen molar-refractivity contribution in [3.8, 4) is 5.69 Å². The van der Waals surface area contributed by atoms with E-state index in [1.807, 2.05) is 42.5 Å². The Bertz CT molecular complexity index is 1210. The van der Waals surface area contributed by atoms with Crippen molar-refractivity contribution in [1.82, 2.24) is 15.1 Å². The lowest BCUT2D eigenvalue weighted by molar-refractivity contribution is 0.0951. The smallest absolute Gasteiger partial charge is 0.279 e. The molecule has 1 heterocycles. The van der Waals surface area contributed by atoms with Gasteiger partial charge in [-0.25, -0.2) is 0 Å². The van der Waals surface area contributed by atoms with Gasteiger partial charge in [0, 0.05) is 23.4 Å². The molecule has 30 heavy (non-hydrogen) atoms. The SMILES string of the molecule is O=C(NCCSCc1ccccc1)c1nn(-c2ccccc2)c(=O)c2ccccc12. The van der Waals surface area contributed by atoms with Crippen molar-refractivity contribution in [1.29, 1.82) is 0 Å². The van der Waals surface area contributed by atoms with Crippen LogP contribution in [0.3, 0.4) is 0 Å². The highest BCUT2D eigenvalue weighted by Crippen LogP contribution is 2.15. The number of amides is 1. The number of hydrogen-bond donors (Lipinski definition) is 1. The fourth-order valence-corrected chi connectivity index (χ4v) is 4.00. The number of fused-ring (bicyclic) bond motifs is 1. The molecule has 0 saturated carbocycles. The van der Waals surface area contributed by atoms with Crippen LogP contribution in [-0.4, -0.2) is 28.0 Å². The van der Waals surface area contributed by atoms with Gasteiger partial charge in [-0.05, 0) is 23.8 Å². The molecular formula is C24H21N3O2S. The fourth-order valence-electron chi connectivity index (χ4n) is 3.19. The number of thioether (sulfide) groups is 1. The lowest BCUT2D eigenvalue weighted by Crippen LogP contribution is -2.31. The summed E-state index contributed by atoms with van der Waals surface area (Å²) in [4.78, 5) is 25.8.